The van der Waals surface area contributed by atoms with Gasteiger partial charge in [-0.3, -0.25) is 0 Å². The van der Waals surface area contributed by atoms with Crippen molar-refractivity contribution < 1.29 is 17.6 Å². The van der Waals surface area contributed by atoms with Crippen molar-refractivity contribution in [3.8, 4) is 0 Å². The molecule has 74 valence electrons. The van der Waals surface area contributed by atoms with Gasteiger partial charge < -0.3 is 0 Å². The second kappa shape index (κ2) is 3.69. The summed E-state index contributed by atoms with van der Waals surface area (Å²) in [5, 5.41) is 0. The molecule has 0 amide bonds. The molecular weight excluding hydrogens is 209 g/mol. The molecule has 1 rings (SSSR count). The van der Waals surface area contributed by atoms with Crippen molar-refractivity contribution in [3.63, 3.8) is 0 Å². The van der Waals surface area contributed by atoms with Crippen molar-refractivity contribution in [2.24, 2.45) is 4.40 Å². The number of nitrogens with zero attached hydrogens (tertiary/aromatic N) is 1. The van der Waals surface area contributed by atoms with Crippen LogP contribution >= 0.6 is 0 Å². The lowest BCUT2D eigenvalue weighted by Crippen LogP contribution is -1.99. The SMILES string of the molecule is Cc1cc(F)ccc1S(=O)(=O)N=C=O. The first-order chi connectivity index (χ1) is 6.47. The summed E-state index contributed by atoms with van der Waals surface area (Å²) in [6.45, 7) is 1.41. The molecule has 0 heterocycles. The van der Waals surface area contributed by atoms with Crippen molar-refractivity contribution in [2.45, 2.75) is 11.8 Å². The first-order valence-electron chi connectivity index (χ1n) is 3.57. The number of isocyanates is 1. The van der Waals surface area contributed by atoms with Crippen LogP contribution in [0.2, 0.25) is 0 Å². The molecule has 0 fully saturated rings. The van der Waals surface area contributed by atoms with Crippen LogP contribution in [0.5, 0.6) is 0 Å². The van der Waals surface area contributed by atoms with Crippen LogP contribution < -0.4 is 0 Å². The zero-order valence-electron chi connectivity index (χ0n) is 7.19. The number of hydrogen-bond donors (Lipinski definition) is 0. The zero-order chi connectivity index (χ0) is 10.8. The summed E-state index contributed by atoms with van der Waals surface area (Å²) in [5.41, 5.74) is 0.198. The number of carbonyl (C=O) groups excluding carboxylic acids is 1. The van der Waals surface area contributed by atoms with Crippen molar-refractivity contribution in [2.75, 3.05) is 0 Å². The predicted octanol–water partition coefficient (Wildman–Crippen LogP) is 1.16. The maximum atomic E-state index is 12.6. The minimum atomic E-state index is -4.02. The summed E-state index contributed by atoms with van der Waals surface area (Å²) in [7, 11) is -4.02. The molecule has 0 aliphatic carbocycles. The molecule has 0 aliphatic heterocycles. The molecule has 0 radical (unpaired) electrons. The molecule has 1 aromatic carbocycles. The van der Waals surface area contributed by atoms with Crippen molar-refractivity contribution in [1.29, 1.82) is 0 Å². The Morgan fingerprint density at radius 2 is 2.07 bits per heavy atom. The summed E-state index contributed by atoms with van der Waals surface area (Å²) < 4.78 is 37.7. The van der Waals surface area contributed by atoms with Crippen molar-refractivity contribution >= 4 is 16.1 Å². The highest BCUT2D eigenvalue weighted by molar-refractivity contribution is 7.90. The maximum absolute atomic E-state index is 12.6. The molecule has 6 heteroatoms. The number of rotatable bonds is 2. The molecule has 1 aromatic rings. The van der Waals surface area contributed by atoms with Crippen LogP contribution in [0, 0.1) is 12.7 Å². The first-order valence-corrected chi connectivity index (χ1v) is 5.01. The summed E-state index contributed by atoms with van der Waals surface area (Å²) in [5.74, 6) is -0.545. The van der Waals surface area contributed by atoms with Crippen LogP contribution in [0.4, 0.5) is 4.39 Å². The molecular formula is C8H6FNO3S. The Hall–Kier alpha value is -1.52. The van der Waals surface area contributed by atoms with Gasteiger partial charge in [-0.15, -0.1) is 0 Å². The number of aryl methyl sites for hydroxylation is 1. The molecule has 0 atom stereocenters. The Bertz CT molecular complexity index is 503. The van der Waals surface area contributed by atoms with Crippen molar-refractivity contribution in [3.05, 3.63) is 29.6 Å². The quantitative estimate of drug-likeness (QED) is 0.549. The van der Waals surface area contributed by atoms with Gasteiger partial charge >= 0.3 is 0 Å². The maximum Gasteiger partial charge on any atom is 0.292 e. The summed E-state index contributed by atoms with van der Waals surface area (Å²) in [4.78, 5) is 9.63. The molecule has 0 saturated heterocycles. The highest BCUT2D eigenvalue weighted by atomic mass is 32.2. The molecule has 0 N–H and O–H groups in total. The average Bonchev–Trinajstić information content (AvgIpc) is 2.02. The van der Waals surface area contributed by atoms with E-state index in [0.717, 1.165) is 24.3 Å². The van der Waals surface area contributed by atoms with Gasteiger partial charge in [-0.2, -0.15) is 8.42 Å². The highest BCUT2D eigenvalue weighted by Crippen LogP contribution is 2.17. The van der Waals surface area contributed by atoms with Crippen molar-refractivity contribution in [1.82, 2.24) is 0 Å². The van der Waals surface area contributed by atoms with Crippen LogP contribution in [0.15, 0.2) is 27.5 Å². The Labute approximate surface area is 80.1 Å². The normalized spacial score (nSPS) is 10.7. The molecule has 0 spiro atoms. The van der Waals surface area contributed by atoms with E-state index in [1.165, 1.54) is 6.92 Å². The molecule has 0 saturated carbocycles. The smallest absolute Gasteiger partial charge is 0.210 e. The van der Waals surface area contributed by atoms with E-state index in [0.29, 0.717) is 0 Å². The molecule has 0 aliphatic rings. The Balaban J connectivity index is 3.41. The lowest BCUT2D eigenvalue weighted by Gasteiger charge is -2.00. The van der Waals surface area contributed by atoms with Gasteiger partial charge in [-0.25, -0.2) is 9.18 Å². The fraction of sp³-hybridized carbons (Fsp3) is 0.125. The fourth-order valence-electron chi connectivity index (χ4n) is 1.00. The number of halogens is 1. The van der Waals surface area contributed by atoms with Crippen LogP contribution in [0.25, 0.3) is 0 Å². The Morgan fingerprint density at radius 3 is 2.57 bits per heavy atom. The van der Waals surface area contributed by atoms with Gasteiger partial charge in [0, 0.05) is 0 Å². The van der Waals surface area contributed by atoms with E-state index < -0.39 is 15.8 Å². The van der Waals surface area contributed by atoms with Crippen LogP contribution in [-0.4, -0.2) is 14.5 Å². The van der Waals surface area contributed by atoms with E-state index in [9.17, 15) is 17.6 Å². The fourth-order valence-corrected chi connectivity index (χ4v) is 1.90. The van der Waals surface area contributed by atoms with E-state index in [2.05, 4.69) is 4.40 Å². The van der Waals surface area contributed by atoms with E-state index in [1.807, 2.05) is 0 Å². The van der Waals surface area contributed by atoms with Gasteiger partial charge in [-0.1, -0.05) is 4.40 Å². The van der Waals surface area contributed by atoms with Gasteiger partial charge in [0.05, 0.1) is 4.90 Å². The second-order valence-electron chi connectivity index (χ2n) is 2.57. The Morgan fingerprint density at radius 1 is 1.43 bits per heavy atom. The minimum absolute atomic E-state index is 0.192. The standard InChI is InChI=1S/C8H6FNO3S/c1-6-4-7(9)2-3-8(6)14(12,13)10-5-11/h2-4H,1H3. The van der Waals surface area contributed by atoms with Gasteiger partial charge in [0.15, 0.2) is 0 Å². The van der Waals surface area contributed by atoms with Gasteiger partial charge in [-0.05, 0) is 30.7 Å². The molecule has 0 unspecified atom stereocenters. The Kier molecular flexibility index (Phi) is 2.78. The third kappa shape index (κ3) is 2.04. The van der Waals surface area contributed by atoms with Crippen LogP contribution in [0.3, 0.4) is 0 Å². The molecule has 0 aromatic heterocycles. The summed E-state index contributed by atoms with van der Waals surface area (Å²) in [6.07, 6.45) is 0.942. The predicted molar refractivity (Wildman–Crippen MR) is 46.4 cm³/mol. The largest absolute Gasteiger partial charge is 0.292 e. The third-order valence-corrected chi connectivity index (χ3v) is 2.90. The first kappa shape index (κ1) is 10.6. The minimum Gasteiger partial charge on any atom is -0.210 e. The molecule has 4 nitrogen and oxygen atoms in total. The van der Waals surface area contributed by atoms with E-state index in [-0.39, 0.29) is 10.5 Å². The van der Waals surface area contributed by atoms with Gasteiger partial charge in [0.2, 0.25) is 0 Å². The summed E-state index contributed by atoms with van der Waals surface area (Å²) in [6, 6.07) is 3.09. The zero-order valence-corrected chi connectivity index (χ0v) is 8.01. The van der Waals surface area contributed by atoms with Gasteiger partial charge in [0.25, 0.3) is 16.1 Å². The molecule has 0 bridgehead atoms. The summed E-state index contributed by atoms with van der Waals surface area (Å²) >= 11 is 0. The van der Waals surface area contributed by atoms with E-state index in [4.69, 9.17) is 0 Å². The van der Waals surface area contributed by atoms with E-state index in [1.54, 1.807) is 0 Å². The number of sulfonamides is 1. The second-order valence-corrected chi connectivity index (χ2v) is 4.14. The monoisotopic (exact) mass is 215 g/mol. The van der Waals surface area contributed by atoms with Crippen LogP contribution in [-0.2, 0) is 14.8 Å². The third-order valence-electron chi connectivity index (χ3n) is 1.57. The van der Waals surface area contributed by atoms with Gasteiger partial charge in [0.1, 0.15) is 5.82 Å². The molecule has 14 heavy (non-hydrogen) atoms. The topological polar surface area (TPSA) is 63.6 Å². The lowest BCUT2D eigenvalue weighted by molar-refractivity contribution is 0.563. The lowest BCUT2D eigenvalue weighted by atomic mass is 10.2. The van der Waals surface area contributed by atoms with E-state index >= 15 is 0 Å². The number of benzene rings is 1. The van der Waals surface area contributed by atoms with Crippen LogP contribution in [0.1, 0.15) is 5.56 Å². The average molecular weight is 215 g/mol. The number of hydrogen-bond acceptors (Lipinski definition) is 3. The highest BCUT2D eigenvalue weighted by Gasteiger charge is 2.15.